The quantitative estimate of drug-likeness (QED) is 0.873. The first-order chi connectivity index (χ1) is 8.16. The fraction of sp³-hybridized carbons (Fsp3) is 0.462. The average molecular weight is 254 g/mol. The van der Waals surface area contributed by atoms with E-state index in [-0.39, 0.29) is 17.9 Å². The Kier molecular flexibility index (Phi) is 3.69. The lowest BCUT2D eigenvalue weighted by Gasteiger charge is -2.16. The Labute approximate surface area is 106 Å². The lowest BCUT2D eigenvalue weighted by Crippen LogP contribution is -2.34. The molecule has 0 aliphatic heterocycles. The van der Waals surface area contributed by atoms with Crippen LogP contribution >= 0.6 is 11.6 Å². The first kappa shape index (κ1) is 12.4. The SMILES string of the molecule is COCC(=O)NCC1(c2cccc(Cl)c2)CC1. The van der Waals surface area contributed by atoms with Crippen molar-refractivity contribution in [2.45, 2.75) is 18.3 Å². The summed E-state index contributed by atoms with van der Waals surface area (Å²) in [4.78, 5) is 11.4. The molecule has 1 aliphatic carbocycles. The van der Waals surface area contributed by atoms with Gasteiger partial charge in [-0.15, -0.1) is 0 Å². The molecule has 0 bridgehead atoms. The summed E-state index contributed by atoms with van der Waals surface area (Å²) in [5, 5.41) is 3.64. The van der Waals surface area contributed by atoms with Gasteiger partial charge in [0.2, 0.25) is 5.91 Å². The predicted octanol–water partition coefficient (Wildman–Crippen LogP) is 2.13. The summed E-state index contributed by atoms with van der Waals surface area (Å²) in [6, 6.07) is 7.87. The molecule has 92 valence electrons. The third kappa shape index (κ3) is 2.99. The average Bonchev–Trinajstić information content (AvgIpc) is 3.08. The highest BCUT2D eigenvalue weighted by Gasteiger charge is 2.44. The van der Waals surface area contributed by atoms with E-state index in [1.807, 2.05) is 18.2 Å². The summed E-state index contributed by atoms with van der Waals surface area (Å²) >= 11 is 5.98. The van der Waals surface area contributed by atoms with Crippen molar-refractivity contribution in [3.63, 3.8) is 0 Å². The summed E-state index contributed by atoms with van der Waals surface area (Å²) in [6.07, 6.45) is 2.20. The maximum atomic E-state index is 11.4. The molecule has 0 saturated heterocycles. The Morgan fingerprint density at radius 2 is 2.29 bits per heavy atom. The molecule has 1 aromatic carbocycles. The maximum Gasteiger partial charge on any atom is 0.246 e. The molecule has 0 radical (unpaired) electrons. The monoisotopic (exact) mass is 253 g/mol. The number of rotatable bonds is 5. The van der Waals surface area contributed by atoms with Crippen LogP contribution in [-0.2, 0) is 14.9 Å². The van der Waals surface area contributed by atoms with Gasteiger partial charge in [-0.05, 0) is 30.5 Å². The second-order valence-corrected chi connectivity index (χ2v) is 4.94. The zero-order chi connectivity index (χ0) is 12.3. The number of amides is 1. The largest absolute Gasteiger partial charge is 0.375 e. The zero-order valence-corrected chi connectivity index (χ0v) is 10.6. The molecule has 1 aliphatic rings. The Balaban J connectivity index is 1.98. The molecule has 17 heavy (non-hydrogen) atoms. The van der Waals surface area contributed by atoms with Gasteiger partial charge in [-0.1, -0.05) is 23.7 Å². The maximum absolute atomic E-state index is 11.4. The van der Waals surface area contributed by atoms with E-state index in [4.69, 9.17) is 16.3 Å². The van der Waals surface area contributed by atoms with Crippen molar-refractivity contribution in [1.82, 2.24) is 5.32 Å². The van der Waals surface area contributed by atoms with Crippen LogP contribution in [0.25, 0.3) is 0 Å². The van der Waals surface area contributed by atoms with Gasteiger partial charge >= 0.3 is 0 Å². The molecule has 0 spiro atoms. The Hall–Kier alpha value is -1.06. The summed E-state index contributed by atoms with van der Waals surface area (Å²) in [5.41, 5.74) is 1.30. The van der Waals surface area contributed by atoms with Gasteiger partial charge in [0.15, 0.2) is 0 Å². The van der Waals surface area contributed by atoms with Crippen molar-refractivity contribution in [3.8, 4) is 0 Å². The van der Waals surface area contributed by atoms with Crippen LogP contribution in [-0.4, -0.2) is 26.2 Å². The minimum atomic E-state index is -0.0687. The fourth-order valence-corrected chi connectivity index (χ4v) is 2.18. The van der Waals surface area contributed by atoms with Gasteiger partial charge in [-0.3, -0.25) is 4.79 Å². The van der Waals surface area contributed by atoms with Crippen molar-refractivity contribution in [3.05, 3.63) is 34.9 Å². The topological polar surface area (TPSA) is 38.3 Å². The highest BCUT2D eigenvalue weighted by atomic mass is 35.5. The van der Waals surface area contributed by atoms with Gasteiger partial charge in [0.05, 0.1) is 0 Å². The van der Waals surface area contributed by atoms with E-state index in [1.54, 1.807) is 0 Å². The van der Waals surface area contributed by atoms with E-state index in [2.05, 4.69) is 11.4 Å². The molecule has 4 heteroatoms. The standard InChI is InChI=1S/C13H16ClNO2/c1-17-8-12(16)15-9-13(5-6-13)10-3-2-4-11(14)7-10/h2-4,7H,5-6,8-9H2,1H3,(H,15,16). The van der Waals surface area contributed by atoms with Crippen molar-refractivity contribution < 1.29 is 9.53 Å². The molecule has 0 atom stereocenters. The molecule has 2 rings (SSSR count). The van der Waals surface area contributed by atoms with E-state index in [1.165, 1.54) is 12.7 Å². The molecular formula is C13H16ClNO2. The summed E-state index contributed by atoms with van der Waals surface area (Å²) < 4.78 is 4.78. The zero-order valence-electron chi connectivity index (χ0n) is 9.83. The van der Waals surface area contributed by atoms with Gasteiger partial charge in [0.25, 0.3) is 0 Å². The second kappa shape index (κ2) is 5.07. The number of ether oxygens (including phenoxy) is 1. The molecule has 0 unspecified atom stereocenters. The van der Waals surface area contributed by atoms with Crippen LogP contribution in [0.15, 0.2) is 24.3 Å². The number of methoxy groups -OCH3 is 1. The van der Waals surface area contributed by atoms with Crippen molar-refractivity contribution in [2.75, 3.05) is 20.3 Å². The third-order valence-corrected chi connectivity index (χ3v) is 3.43. The molecule has 1 aromatic rings. The van der Waals surface area contributed by atoms with Gasteiger partial charge in [-0.25, -0.2) is 0 Å². The van der Waals surface area contributed by atoms with Gasteiger partial charge < -0.3 is 10.1 Å². The molecular weight excluding hydrogens is 238 g/mol. The van der Waals surface area contributed by atoms with E-state index in [9.17, 15) is 4.79 Å². The van der Waals surface area contributed by atoms with Gasteiger partial charge in [0, 0.05) is 24.1 Å². The summed E-state index contributed by atoms with van der Waals surface area (Å²) in [5.74, 6) is -0.0687. The Morgan fingerprint density at radius 1 is 1.53 bits per heavy atom. The molecule has 3 nitrogen and oxygen atoms in total. The van der Waals surface area contributed by atoms with Crippen LogP contribution in [0, 0.1) is 0 Å². The van der Waals surface area contributed by atoms with Crippen molar-refractivity contribution >= 4 is 17.5 Å². The van der Waals surface area contributed by atoms with Gasteiger partial charge in [-0.2, -0.15) is 0 Å². The first-order valence-corrected chi connectivity index (χ1v) is 6.06. The molecule has 1 amide bonds. The van der Waals surface area contributed by atoms with Crippen molar-refractivity contribution in [2.24, 2.45) is 0 Å². The number of hydrogen-bond donors (Lipinski definition) is 1. The first-order valence-electron chi connectivity index (χ1n) is 5.68. The van der Waals surface area contributed by atoms with E-state index in [0.29, 0.717) is 6.54 Å². The number of nitrogens with one attached hydrogen (secondary N) is 1. The molecule has 0 aromatic heterocycles. The lowest BCUT2D eigenvalue weighted by atomic mass is 9.96. The number of carbonyl (C=O) groups excluding carboxylic acids is 1. The van der Waals surface area contributed by atoms with Crippen LogP contribution < -0.4 is 5.32 Å². The lowest BCUT2D eigenvalue weighted by molar-refractivity contribution is -0.124. The van der Waals surface area contributed by atoms with E-state index >= 15 is 0 Å². The van der Waals surface area contributed by atoms with Crippen LogP contribution in [0.2, 0.25) is 5.02 Å². The number of benzene rings is 1. The summed E-state index contributed by atoms with van der Waals surface area (Å²) in [7, 11) is 1.52. The van der Waals surface area contributed by atoms with Crippen LogP contribution in [0.3, 0.4) is 0 Å². The predicted molar refractivity (Wildman–Crippen MR) is 67.2 cm³/mol. The normalized spacial score (nSPS) is 16.6. The highest BCUT2D eigenvalue weighted by molar-refractivity contribution is 6.30. The fourth-order valence-electron chi connectivity index (χ4n) is 1.99. The highest BCUT2D eigenvalue weighted by Crippen LogP contribution is 2.48. The van der Waals surface area contributed by atoms with Gasteiger partial charge in [0.1, 0.15) is 6.61 Å². The molecule has 0 heterocycles. The van der Waals surface area contributed by atoms with Crippen LogP contribution in [0.1, 0.15) is 18.4 Å². The number of carbonyl (C=O) groups is 1. The van der Waals surface area contributed by atoms with Crippen LogP contribution in [0.5, 0.6) is 0 Å². The van der Waals surface area contributed by atoms with E-state index < -0.39 is 0 Å². The Bertz CT molecular complexity index is 416. The molecule has 1 saturated carbocycles. The van der Waals surface area contributed by atoms with E-state index in [0.717, 1.165) is 17.9 Å². The second-order valence-electron chi connectivity index (χ2n) is 4.50. The Morgan fingerprint density at radius 3 is 2.88 bits per heavy atom. The molecule has 1 fully saturated rings. The third-order valence-electron chi connectivity index (χ3n) is 3.19. The smallest absolute Gasteiger partial charge is 0.246 e. The van der Waals surface area contributed by atoms with Crippen molar-refractivity contribution in [1.29, 1.82) is 0 Å². The minimum Gasteiger partial charge on any atom is -0.375 e. The number of hydrogen-bond acceptors (Lipinski definition) is 2. The molecule has 1 N–H and O–H groups in total. The minimum absolute atomic E-state index is 0.0687. The van der Waals surface area contributed by atoms with Crippen LogP contribution in [0.4, 0.5) is 0 Å². The number of halogens is 1. The summed E-state index contributed by atoms with van der Waals surface area (Å²) in [6.45, 7) is 0.779.